The molecule has 23 heavy (non-hydrogen) atoms. The smallest absolute Gasteiger partial charge is 0.242 e. The van der Waals surface area contributed by atoms with Crippen molar-refractivity contribution in [2.45, 2.75) is 50.8 Å². The second kappa shape index (κ2) is 6.69. The first-order chi connectivity index (χ1) is 10.7. The summed E-state index contributed by atoms with van der Waals surface area (Å²) >= 11 is 0. The Morgan fingerprint density at radius 3 is 2.22 bits per heavy atom. The minimum Gasteiger partial charge on any atom is -0.379 e. The molecular formula is C16H30N2O4S. The van der Waals surface area contributed by atoms with E-state index in [9.17, 15) is 13.2 Å². The van der Waals surface area contributed by atoms with Gasteiger partial charge in [0, 0.05) is 26.2 Å². The van der Waals surface area contributed by atoms with Crippen LogP contribution < -0.4 is 0 Å². The lowest BCUT2D eigenvalue weighted by Crippen LogP contribution is -2.64. The number of hydrogen-bond donors (Lipinski definition) is 0. The number of carbonyl (C=O) groups excluding carboxylic acids is 1. The molecule has 2 aliphatic heterocycles. The molecule has 2 saturated heterocycles. The summed E-state index contributed by atoms with van der Waals surface area (Å²) in [4.78, 5) is 17.0. The molecule has 2 aliphatic rings. The summed E-state index contributed by atoms with van der Waals surface area (Å²) in [6.07, 6.45) is 1.10. The van der Waals surface area contributed by atoms with Crippen LogP contribution in [0.5, 0.6) is 0 Å². The number of hydrogen-bond acceptors (Lipinski definition) is 5. The molecule has 1 amide bonds. The van der Waals surface area contributed by atoms with Crippen molar-refractivity contribution in [3.8, 4) is 0 Å². The van der Waals surface area contributed by atoms with Crippen molar-refractivity contribution >= 4 is 15.7 Å². The summed E-state index contributed by atoms with van der Waals surface area (Å²) in [6.45, 7) is 11.0. The van der Waals surface area contributed by atoms with Gasteiger partial charge in [-0.25, -0.2) is 8.42 Å². The maximum absolute atomic E-state index is 13.1. The number of rotatable bonds is 4. The molecule has 7 heteroatoms. The van der Waals surface area contributed by atoms with Gasteiger partial charge in [-0.3, -0.25) is 9.69 Å². The quantitative estimate of drug-likeness (QED) is 0.757. The highest BCUT2D eigenvalue weighted by atomic mass is 32.2. The minimum absolute atomic E-state index is 0.0283. The largest absolute Gasteiger partial charge is 0.379 e. The predicted octanol–water partition coefficient (Wildman–Crippen LogP) is 0.913. The molecule has 0 bridgehead atoms. The zero-order chi connectivity index (χ0) is 17.3. The molecule has 2 rings (SSSR count). The van der Waals surface area contributed by atoms with Gasteiger partial charge in [-0.1, -0.05) is 13.8 Å². The first-order valence-electron chi connectivity index (χ1n) is 8.54. The van der Waals surface area contributed by atoms with E-state index in [2.05, 4.69) is 4.90 Å². The lowest BCUT2D eigenvalue weighted by Gasteiger charge is -2.46. The first-order valence-corrected chi connectivity index (χ1v) is 10.2. The molecule has 0 aliphatic carbocycles. The highest BCUT2D eigenvalue weighted by Crippen LogP contribution is 2.33. The van der Waals surface area contributed by atoms with E-state index in [-0.39, 0.29) is 11.7 Å². The van der Waals surface area contributed by atoms with Gasteiger partial charge < -0.3 is 9.64 Å². The lowest BCUT2D eigenvalue weighted by molar-refractivity contribution is -0.146. The van der Waals surface area contributed by atoms with Gasteiger partial charge in [0.2, 0.25) is 5.91 Å². The molecule has 134 valence electrons. The van der Waals surface area contributed by atoms with Crippen LogP contribution in [0.2, 0.25) is 0 Å². The summed E-state index contributed by atoms with van der Waals surface area (Å²) in [5, 5.41) is 0. The highest BCUT2D eigenvalue weighted by Gasteiger charge is 2.49. The molecule has 2 heterocycles. The van der Waals surface area contributed by atoms with Crippen molar-refractivity contribution in [1.82, 2.24) is 9.80 Å². The molecule has 0 aromatic heterocycles. The Hall–Kier alpha value is -0.660. The van der Waals surface area contributed by atoms with Gasteiger partial charge in [0.05, 0.1) is 29.3 Å². The summed E-state index contributed by atoms with van der Waals surface area (Å²) < 4.78 is 29.6. The molecule has 0 unspecified atom stereocenters. The molecular weight excluding hydrogens is 316 g/mol. The summed E-state index contributed by atoms with van der Waals surface area (Å²) in [7, 11) is -3.15. The maximum Gasteiger partial charge on any atom is 0.242 e. The summed E-state index contributed by atoms with van der Waals surface area (Å²) in [5.41, 5.74) is -0.627. The van der Waals surface area contributed by atoms with Crippen LogP contribution in [0.3, 0.4) is 0 Å². The number of morpholine rings is 1. The van der Waals surface area contributed by atoms with Crippen LogP contribution in [0, 0.1) is 0 Å². The standard InChI is InChI=1S/C16H30N2O4S/c1-5-16(6-2)13-17(9-12-23(16,20)21)14(19)15(3,4)18-7-10-22-11-8-18/h5-13H2,1-4H3. The van der Waals surface area contributed by atoms with Gasteiger partial charge in [0.1, 0.15) is 0 Å². The highest BCUT2D eigenvalue weighted by molar-refractivity contribution is 7.92. The SMILES string of the molecule is CCC1(CC)CN(C(=O)C(C)(C)N2CCOCC2)CCS1(=O)=O. The van der Waals surface area contributed by atoms with E-state index in [1.807, 2.05) is 27.7 Å². The molecule has 0 spiro atoms. The molecule has 0 aromatic carbocycles. The van der Waals surface area contributed by atoms with E-state index in [4.69, 9.17) is 4.74 Å². The molecule has 0 saturated carbocycles. The second-order valence-electron chi connectivity index (χ2n) is 7.09. The van der Waals surface area contributed by atoms with Crippen LogP contribution in [0.1, 0.15) is 40.5 Å². The molecule has 0 radical (unpaired) electrons. The second-order valence-corrected chi connectivity index (χ2v) is 9.60. The van der Waals surface area contributed by atoms with E-state index in [1.54, 1.807) is 4.90 Å². The van der Waals surface area contributed by atoms with E-state index in [1.165, 1.54) is 0 Å². The fourth-order valence-electron chi connectivity index (χ4n) is 3.70. The Kier molecular flexibility index (Phi) is 5.43. The van der Waals surface area contributed by atoms with Crippen molar-refractivity contribution in [1.29, 1.82) is 0 Å². The van der Waals surface area contributed by atoms with Gasteiger partial charge in [-0.05, 0) is 26.7 Å². The Labute approximate surface area is 140 Å². The zero-order valence-corrected chi connectivity index (χ0v) is 15.6. The Bertz CT molecular complexity index is 534. The third kappa shape index (κ3) is 3.28. The predicted molar refractivity (Wildman–Crippen MR) is 90.2 cm³/mol. The van der Waals surface area contributed by atoms with E-state index < -0.39 is 20.1 Å². The van der Waals surface area contributed by atoms with E-state index >= 15 is 0 Å². The van der Waals surface area contributed by atoms with Crippen molar-refractivity contribution in [3.05, 3.63) is 0 Å². The fourth-order valence-corrected chi connectivity index (χ4v) is 5.83. The van der Waals surface area contributed by atoms with Gasteiger partial charge in [-0.2, -0.15) is 0 Å². The van der Waals surface area contributed by atoms with Gasteiger partial charge >= 0.3 is 0 Å². The van der Waals surface area contributed by atoms with Crippen LogP contribution in [-0.2, 0) is 19.4 Å². The third-order valence-electron chi connectivity index (χ3n) is 5.67. The Balaban J connectivity index is 2.19. The van der Waals surface area contributed by atoms with Gasteiger partial charge in [0.15, 0.2) is 9.84 Å². The van der Waals surface area contributed by atoms with Gasteiger partial charge in [-0.15, -0.1) is 0 Å². The van der Waals surface area contributed by atoms with Gasteiger partial charge in [0.25, 0.3) is 0 Å². The topological polar surface area (TPSA) is 66.9 Å². The Morgan fingerprint density at radius 1 is 1.13 bits per heavy atom. The van der Waals surface area contributed by atoms with Crippen molar-refractivity contribution in [2.75, 3.05) is 45.1 Å². The normalized spacial score (nSPS) is 25.3. The molecule has 0 aromatic rings. The Morgan fingerprint density at radius 2 is 1.70 bits per heavy atom. The lowest BCUT2D eigenvalue weighted by atomic mass is 9.96. The number of amides is 1. The van der Waals surface area contributed by atoms with Crippen molar-refractivity contribution in [3.63, 3.8) is 0 Å². The minimum atomic E-state index is -3.15. The maximum atomic E-state index is 13.1. The first kappa shape index (κ1) is 18.7. The average Bonchev–Trinajstić information content (AvgIpc) is 2.55. The van der Waals surface area contributed by atoms with E-state index in [0.29, 0.717) is 39.1 Å². The summed E-state index contributed by atoms with van der Waals surface area (Å²) in [5.74, 6) is 0.0974. The molecule has 2 fully saturated rings. The fraction of sp³-hybridized carbons (Fsp3) is 0.938. The van der Waals surface area contributed by atoms with E-state index in [0.717, 1.165) is 13.1 Å². The number of ether oxygens (including phenoxy) is 1. The van der Waals surface area contributed by atoms with Crippen molar-refractivity contribution in [2.24, 2.45) is 0 Å². The summed E-state index contributed by atoms with van der Waals surface area (Å²) in [6, 6.07) is 0. The van der Waals surface area contributed by atoms with Crippen LogP contribution in [0.4, 0.5) is 0 Å². The van der Waals surface area contributed by atoms with Crippen LogP contribution >= 0.6 is 0 Å². The molecule has 0 atom stereocenters. The van der Waals surface area contributed by atoms with Crippen LogP contribution in [-0.4, -0.2) is 79.6 Å². The zero-order valence-electron chi connectivity index (χ0n) is 14.8. The molecule has 0 N–H and O–H groups in total. The molecule has 6 nitrogen and oxygen atoms in total. The average molecular weight is 346 g/mol. The van der Waals surface area contributed by atoms with Crippen molar-refractivity contribution < 1.29 is 17.9 Å². The van der Waals surface area contributed by atoms with Crippen LogP contribution in [0.15, 0.2) is 0 Å². The number of nitrogens with zero attached hydrogens (tertiary/aromatic N) is 2. The third-order valence-corrected chi connectivity index (χ3v) is 8.42. The van der Waals surface area contributed by atoms with Crippen LogP contribution in [0.25, 0.3) is 0 Å². The number of carbonyl (C=O) groups is 1. The monoisotopic (exact) mass is 346 g/mol. The number of sulfone groups is 1.